The van der Waals surface area contributed by atoms with Gasteiger partial charge in [-0.05, 0) is 24.6 Å². The van der Waals surface area contributed by atoms with Gasteiger partial charge in [-0.25, -0.2) is 4.79 Å². The molecule has 0 bridgehead atoms. The van der Waals surface area contributed by atoms with Crippen molar-refractivity contribution in [2.24, 2.45) is 0 Å². The van der Waals surface area contributed by atoms with E-state index < -0.39 is 10.9 Å². The normalized spacial score (nSPS) is 16.8. The molecule has 1 heterocycles. The zero-order valence-corrected chi connectivity index (χ0v) is 14.4. The third-order valence-corrected chi connectivity index (χ3v) is 4.35. The smallest absolute Gasteiger partial charge is 0.330 e. The van der Waals surface area contributed by atoms with Crippen LogP contribution in [0.15, 0.2) is 24.3 Å². The molecule has 1 atom stereocenters. The standard InChI is InChI=1S/C17H23N3O5/c1-13(12-21)18-7-9-19(10-8-18)15-5-3-14(4-6-17(22)25-2)11-16(15)20(23)24/h3-6,11,13,21H,7-10,12H2,1-2H3/b6-4-/t13-/m1/s1. The number of esters is 1. The number of ether oxygens (including phenoxy) is 1. The number of rotatable bonds is 6. The summed E-state index contributed by atoms with van der Waals surface area (Å²) in [6.07, 6.45) is 2.72. The van der Waals surface area contributed by atoms with Gasteiger partial charge in [0.05, 0.1) is 18.6 Å². The summed E-state index contributed by atoms with van der Waals surface area (Å²) in [5, 5.41) is 20.7. The Morgan fingerprint density at radius 1 is 1.40 bits per heavy atom. The summed E-state index contributed by atoms with van der Waals surface area (Å²) in [5.41, 5.74) is 1.14. The molecule has 1 aliphatic rings. The molecule has 0 unspecified atom stereocenters. The summed E-state index contributed by atoms with van der Waals surface area (Å²) in [6, 6.07) is 4.99. The third kappa shape index (κ3) is 4.77. The molecule has 1 saturated heterocycles. The Balaban J connectivity index is 2.17. The SMILES string of the molecule is COC(=O)/C=C\c1ccc(N2CCN([C@H](C)CO)CC2)c([N+](=O)[O-])c1. The van der Waals surface area contributed by atoms with Crippen molar-refractivity contribution in [2.75, 3.05) is 44.8 Å². The van der Waals surface area contributed by atoms with E-state index in [1.807, 2.05) is 11.8 Å². The van der Waals surface area contributed by atoms with Gasteiger partial charge in [-0.2, -0.15) is 0 Å². The third-order valence-electron chi connectivity index (χ3n) is 4.35. The number of nitrogens with zero attached hydrogens (tertiary/aromatic N) is 3. The topological polar surface area (TPSA) is 96.2 Å². The average Bonchev–Trinajstić information content (AvgIpc) is 2.65. The number of piperazine rings is 1. The van der Waals surface area contributed by atoms with Gasteiger partial charge in [0.2, 0.25) is 0 Å². The van der Waals surface area contributed by atoms with Crippen molar-refractivity contribution >= 4 is 23.4 Å². The summed E-state index contributed by atoms with van der Waals surface area (Å²) in [7, 11) is 1.27. The van der Waals surface area contributed by atoms with Crippen LogP contribution in [-0.2, 0) is 9.53 Å². The molecular formula is C17H23N3O5. The first-order valence-electron chi connectivity index (χ1n) is 8.10. The molecule has 0 amide bonds. The minimum Gasteiger partial charge on any atom is -0.466 e. The monoisotopic (exact) mass is 349 g/mol. The van der Waals surface area contributed by atoms with Gasteiger partial charge in [0.1, 0.15) is 5.69 Å². The second-order valence-electron chi connectivity index (χ2n) is 5.92. The number of hydrogen-bond donors (Lipinski definition) is 1. The van der Waals surface area contributed by atoms with Crippen molar-refractivity contribution < 1.29 is 19.6 Å². The predicted molar refractivity (Wildman–Crippen MR) is 94.5 cm³/mol. The molecule has 1 aliphatic heterocycles. The second-order valence-corrected chi connectivity index (χ2v) is 5.92. The molecule has 25 heavy (non-hydrogen) atoms. The van der Waals surface area contributed by atoms with Crippen LogP contribution in [0.1, 0.15) is 12.5 Å². The molecule has 136 valence electrons. The lowest BCUT2D eigenvalue weighted by atomic mass is 10.1. The van der Waals surface area contributed by atoms with Crippen LogP contribution in [0, 0.1) is 10.1 Å². The first-order chi connectivity index (χ1) is 12.0. The highest BCUT2D eigenvalue weighted by Crippen LogP contribution is 2.30. The quantitative estimate of drug-likeness (QED) is 0.358. The van der Waals surface area contributed by atoms with Crippen molar-refractivity contribution in [3.05, 3.63) is 40.0 Å². The van der Waals surface area contributed by atoms with Gasteiger partial charge in [0.15, 0.2) is 0 Å². The molecule has 0 radical (unpaired) electrons. The molecule has 8 nitrogen and oxygen atoms in total. The Morgan fingerprint density at radius 3 is 2.64 bits per heavy atom. The first kappa shape index (κ1) is 18.9. The zero-order valence-electron chi connectivity index (χ0n) is 14.4. The maximum absolute atomic E-state index is 11.4. The lowest BCUT2D eigenvalue weighted by molar-refractivity contribution is -0.384. The summed E-state index contributed by atoms with van der Waals surface area (Å²) in [4.78, 5) is 26.3. The van der Waals surface area contributed by atoms with Crippen molar-refractivity contribution in [3.8, 4) is 0 Å². The van der Waals surface area contributed by atoms with Crippen LogP contribution in [0.4, 0.5) is 11.4 Å². The van der Waals surface area contributed by atoms with Crippen LogP contribution in [0.25, 0.3) is 6.08 Å². The average molecular weight is 349 g/mol. The number of carbonyl (C=O) groups excluding carboxylic acids is 1. The van der Waals surface area contributed by atoms with Gasteiger partial charge in [-0.1, -0.05) is 6.07 Å². The number of hydrogen-bond acceptors (Lipinski definition) is 7. The molecular weight excluding hydrogens is 326 g/mol. The van der Waals surface area contributed by atoms with Crippen LogP contribution >= 0.6 is 0 Å². The van der Waals surface area contributed by atoms with E-state index in [0.29, 0.717) is 24.3 Å². The lowest BCUT2D eigenvalue weighted by Crippen LogP contribution is -2.50. The Kier molecular flexibility index (Phi) is 6.49. The number of methoxy groups -OCH3 is 1. The number of anilines is 1. The number of aliphatic hydroxyl groups excluding tert-OH is 1. The molecule has 2 rings (SSSR count). The van der Waals surface area contributed by atoms with E-state index >= 15 is 0 Å². The number of nitro groups is 1. The largest absolute Gasteiger partial charge is 0.466 e. The maximum atomic E-state index is 11.4. The first-order valence-corrected chi connectivity index (χ1v) is 8.10. The molecule has 0 spiro atoms. The maximum Gasteiger partial charge on any atom is 0.330 e. The Labute approximate surface area is 146 Å². The van der Waals surface area contributed by atoms with Crippen molar-refractivity contribution in [3.63, 3.8) is 0 Å². The molecule has 0 saturated carbocycles. The van der Waals surface area contributed by atoms with E-state index in [-0.39, 0.29) is 18.3 Å². The fraction of sp³-hybridized carbons (Fsp3) is 0.471. The van der Waals surface area contributed by atoms with Crippen LogP contribution in [0.3, 0.4) is 0 Å². The van der Waals surface area contributed by atoms with Crippen LogP contribution in [0.2, 0.25) is 0 Å². The Bertz CT molecular complexity index is 654. The van der Waals surface area contributed by atoms with Crippen LogP contribution in [0.5, 0.6) is 0 Å². The molecule has 1 aromatic carbocycles. The van der Waals surface area contributed by atoms with E-state index in [9.17, 15) is 20.0 Å². The minimum absolute atomic E-state index is 0.00988. The fourth-order valence-corrected chi connectivity index (χ4v) is 2.81. The highest BCUT2D eigenvalue weighted by molar-refractivity contribution is 5.87. The van der Waals surface area contributed by atoms with Gasteiger partial charge in [-0.15, -0.1) is 0 Å². The predicted octanol–water partition coefficient (Wildman–Crippen LogP) is 1.28. The molecule has 1 N–H and O–H groups in total. The number of nitro benzene ring substituents is 1. The summed E-state index contributed by atoms with van der Waals surface area (Å²) in [5.74, 6) is -0.513. The van der Waals surface area contributed by atoms with Gasteiger partial charge >= 0.3 is 5.97 Å². The minimum atomic E-state index is -0.513. The van der Waals surface area contributed by atoms with Gasteiger partial charge in [-0.3, -0.25) is 15.0 Å². The second kappa shape index (κ2) is 8.59. The Hall–Kier alpha value is -2.45. The van der Waals surface area contributed by atoms with E-state index in [0.717, 1.165) is 13.1 Å². The molecule has 0 aliphatic carbocycles. The lowest BCUT2D eigenvalue weighted by Gasteiger charge is -2.38. The zero-order chi connectivity index (χ0) is 18.4. The van der Waals surface area contributed by atoms with E-state index in [4.69, 9.17) is 0 Å². The van der Waals surface area contributed by atoms with Gasteiger partial charge in [0, 0.05) is 44.4 Å². The molecule has 0 aromatic heterocycles. The van der Waals surface area contributed by atoms with E-state index in [1.165, 1.54) is 25.3 Å². The highest BCUT2D eigenvalue weighted by atomic mass is 16.6. The number of benzene rings is 1. The Morgan fingerprint density at radius 2 is 2.08 bits per heavy atom. The number of carbonyl (C=O) groups is 1. The van der Waals surface area contributed by atoms with Crippen LogP contribution in [-0.4, -0.2) is 66.8 Å². The highest BCUT2D eigenvalue weighted by Gasteiger charge is 2.25. The summed E-state index contributed by atoms with van der Waals surface area (Å²) in [6.45, 7) is 4.85. The fourth-order valence-electron chi connectivity index (χ4n) is 2.81. The molecule has 1 fully saturated rings. The van der Waals surface area contributed by atoms with Crippen molar-refractivity contribution in [2.45, 2.75) is 13.0 Å². The summed E-state index contributed by atoms with van der Waals surface area (Å²) < 4.78 is 4.52. The van der Waals surface area contributed by atoms with Crippen molar-refractivity contribution in [1.29, 1.82) is 0 Å². The van der Waals surface area contributed by atoms with E-state index in [2.05, 4.69) is 9.64 Å². The van der Waals surface area contributed by atoms with E-state index in [1.54, 1.807) is 12.1 Å². The number of aliphatic hydroxyl groups is 1. The van der Waals surface area contributed by atoms with Crippen molar-refractivity contribution in [1.82, 2.24) is 4.90 Å². The van der Waals surface area contributed by atoms with Crippen LogP contribution < -0.4 is 4.90 Å². The van der Waals surface area contributed by atoms with Gasteiger partial charge < -0.3 is 14.7 Å². The van der Waals surface area contributed by atoms with Gasteiger partial charge in [0.25, 0.3) is 5.69 Å². The molecule has 1 aromatic rings. The summed E-state index contributed by atoms with van der Waals surface area (Å²) >= 11 is 0. The molecule has 8 heteroatoms.